The molecule has 3 heterocycles. The number of benzene rings is 3. The topological polar surface area (TPSA) is 26.0 Å². The molecule has 0 fully saturated rings. The molecule has 3 aromatic carbocycles. The van der Waals surface area contributed by atoms with Gasteiger partial charge in [0.1, 0.15) is 10.4 Å². The molecule has 0 aliphatic heterocycles. The van der Waals surface area contributed by atoms with E-state index in [0.717, 1.165) is 28.1 Å². The Balaban J connectivity index is 1.60. The first-order valence-corrected chi connectivity index (χ1v) is 13.6. The van der Waals surface area contributed by atoms with Crippen LogP contribution in [0.2, 0.25) is 0 Å². The van der Waals surface area contributed by atoms with Gasteiger partial charge in [0.15, 0.2) is 0 Å². The Bertz CT molecular complexity index is 1730. The average Bonchev–Trinajstić information content (AvgIpc) is 3.52. The maximum absolute atomic E-state index is 6.01. The number of hydrogen-bond acceptors (Lipinski definition) is 3. The third-order valence-electron chi connectivity index (χ3n) is 7.02. The summed E-state index contributed by atoms with van der Waals surface area (Å²) in [6.07, 6.45) is 2.83. The van der Waals surface area contributed by atoms with E-state index in [-0.39, 0.29) is 5.41 Å². The summed E-state index contributed by atoms with van der Waals surface area (Å²) in [6.45, 7) is 11.4. The smallest absolute Gasteiger partial charge is 0.137 e. The normalized spacial score (nSPS) is 12.4. The predicted octanol–water partition coefficient (Wildman–Crippen LogP) is 10.0. The van der Waals surface area contributed by atoms with Crippen LogP contribution < -0.4 is 0 Å². The lowest BCUT2D eigenvalue weighted by Crippen LogP contribution is -2.12. The summed E-state index contributed by atoms with van der Waals surface area (Å²) in [4.78, 5) is 6.21. The van der Waals surface area contributed by atoms with Crippen LogP contribution in [0.1, 0.15) is 45.7 Å². The molecule has 0 saturated carbocycles. The standard InChI is InChI=1S/C33H31NOS/c1-20(2)16-22-10-11-25(26-12-14-35-31(22)26)28-19-30(34-32-27(28)13-15-36-32)23-17-21-8-6-7-9-24(21)29(18-23)33(3,4)5/h6-15,17-20H,16H2,1-5H3. The van der Waals surface area contributed by atoms with Gasteiger partial charge in [-0.25, -0.2) is 4.98 Å². The Morgan fingerprint density at radius 1 is 0.861 bits per heavy atom. The van der Waals surface area contributed by atoms with Crippen LogP contribution in [0.15, 0.2) is 82.8 Å². The monoisotopic (exact) mass is 489 g/mol. The number of thiophene rings is 1. The molecule has 0 radical (unpaired) electrons. The molecular formula is C33H31NOS. The molecule has 0 atom stereocenters. The number of furan rings is 1. The summed E-state index contributed by atoms with van der Waals surface area (Å²) in [6, 6.07) is 24.4. The van der Waals surface area contributed by atoms with Gasteiger partial charge in [-0.15, -0.1) is 11.3 Å². The molecule has 36 heavy (non-hydrogen) atoms. The zero-order valence-corrected chi connectivity index (χ0v) is 22.4. The number of nitrogens with zero attached hydrogens (tertiary/aromatic N) is 1. The van der Waals surface area contributed by atoms with Crippen molar-refractivity contribution in [3.8, 4) is 22.4 Å². The van der Waals surface area contributed by atoms with Crippen molar-refractivity contribution in [2.45, 2.75) is 46.5 Å². The maximum Gasteiger partial charge on any atom is 0.137 e. The van der Waals surface area contributed by atoms with Crippen molar-refractivity contribution in [1.82, 2.24) is 4.98 Å². The molecule has 0 aliphatic carbocycles. The van der Waals surface area contributed by atoms with E-state index in [4.69, 9.17) is 9.40 Å². The minimum Gasteiger partial charge on any atom is -0.464 e. The van der Waals surface area contributed by atoms with E-state index in [1.54, 1.807) is 11.3 Å². The molecule has 180 valence electrons. The molecular weight excluding hydrogens is 458 g/mol. The summed E-state index contributed by atoms with van der Waals surface area (Å²) in [7, 11) is 0. The fourth-order valence-corrected chi connectivity index (χ4v) is 6.14. The summed E-state index contributed by atoms with van der Waals surface area (Å²) in [5.74, 6) is 0.574. The van der Waals surface area contributed by atoms with Crippen LogP contribution in [-0.2, 0) is 11.8 Å². The minimum atomic E-state index is 0.0285. The van der Waals surface area contributed by atoms with Gasteiger partial charge in [0, 0.05) is 16.3 Å². The highest BCUT2D eigenvalue weighted by atomic mass is 32.1. The Morgan fingerprint density at radius 3 is 2.50 bits per heavy atom. The summed E-state index contributed by atoms with van der Waals surface area (Å²) in [5.41, 5.74) is 8.24. The molecule has 0 N–H and O–H groups in total. The third kappa shape index (κ3) is 3.92. The molecule has 3 heteroatoms. The van der Waals surface area contributed by atoms with Gasteiger partial charge in [0.05, 0.1) is 12.0 Å². The zero-order valence-electron chi connectivity index (χ0n) is 21.6. The van der Waals surface area contributed by atoms with Gasteiger partial charge in [0.2, 0.25) is 0 Å². The highest BCUT2D eigenvalue weighted by molar-refractivity contribution is 7.16. The molecule has 6 aromatic rings. The van der Waals surface area contributed by atoms with Gasteiger partial charge in [-0.3, -0.25) is 0 Å². The van der Waals surface area contributed by atoms with Crippen LogP contribution in [0.3, 0.4) is 0 Å². The average molecular weight is 490 g/mol. The van der Waals surface area contributed by atoms with Crippen LogP contribution in [0.4, 0.5) is 0 Å². The summed E-state index contributed by atoms with van der Waals surface area (Å²) < 4.78 is 6.01. The molecule has 0 bridgehead atoms. The molecule has 0 amide bonds. The highest BCUT2D eigenvalue weighted by Crippen LogP contribution is 2.41. The van der Waals surface area contributed by atoms with Crippen molar-refractivity contribution < 1.29 is 4.42 Å². The Kier molecular flexibility index (Phi) is 5.49. The second kappa shape index (κ2) is 8.60. The molecule has 3 aromatic heterocycles. The van der Waals surface area contributed by atoms with Gasteiger partial charge in [-0.1, -0.05) is 71.0 Å². The lowest BCUT2D eigenvalue weighted by molar-refractivity contribution is 0.595. The van der Waals surface area contributed by atoms with E-state index in [9.17, 15) is 0 Å². The molecule has 0 aliphatic rings. The lowest BCUT2D eigenvalue weighted by Gasteiger charge is -2.23. The Labute approximate surface area is 216 Å². The van der Waals surface area contributed by atoms with Crippen molar-refractivity contribution in [3.05, 3.63) is 89.5 Å². The van der Waals surface area contributed by atoms with Crippen LogP contribution in [0.25, 0.3) is 54.3 Å². The van der Waals surface area contributed by atoms with E-state index in [2.05, 4.69) is 107 Å². The first kappa shape index (κ1) is 23.0. The van der Waals surface area contributed by atoms with Crippen LogP contribution in [0.5, 0.6) is 0 Å². The minimum absolute atomic E-state index is 0.0285. The molecule has 6 rings (SSSR count). The lowest BCUT2D eigenvalue weighted by atomic mass is 9.82. The van der Waals surface area contributed by atoms with Crippen molar-refractivity contribution in [2.24, 2.45) is 5.92 Å². The highest BCUT2D eigenvalue weighted by Gasteiger charge is 2.20. The zero-order chi connectivity index (χ0) is 25.0. The van der Waals surface area contributed by atoms with E-state index < -0.39 is 0 Å². The fourth-order valence-electron chi connectivity index (χ4n) is 5.35. The van der Waals surface area contributed by atoms with Crippen LogP contribution in [0, 0.1) is 5.92 Å². The molecule has 2 nitrogen and oxygen atoms in total. The largest absolute Gasteiger partial charge is 0.464 e. The molecule has 0 spiro atoms. The second-order valence-electron chi connectivity index (χ2n) is 11.2. The number of fused-ring (bicyclic) bond motifs is 3. The maximum atomic E-state index is 6.01. The fraction of sp³-hybridized carbons (Fsp3) is 0.242. The van der Waals surface area contributed by atoms with Gasteiger partial charge < -0.3 is 4.42 Å². The van der Waals surface area contributed by atoms with Crippen molar-refractivity contribution in [3.63, 3.8) is 0 Å². The Morgan fingerprint density at radius 2 is 1.69 bits per heavy atom. The van der Waals surface area contributed by atoms with Crippen molar-refractivity contribution in [2.75, 3.05) is 0 Å². The number of rotatable bonds is 4. The number of hydrogen-bond donors (Lipinski definition) is 0. The van der Waals surface area contributed by atoms with Crippen molar-refractivity contribution in [1.29, 1.82) is 0 Å². The van der Waals surface area contributed by atoms with E-state index in [1.165, 1.54) is 43.8 Å². The third-order valence-corrected chi connectivity index (χ3v) is 7.83. The first-order valence-electron chi connectivity index (χ1n) is 12.7. The van der Waals surface area contributed by atoms with Gasteiger partial charge >= 0.3 is 0 Å². The van der Waals surface area contributed by atoms with E-state index >= 15 is 0 Å². The van der Waals surface area contributed by atoms with Gasteiger partial charge in [-0.05, 0) is 86.5 Å². The van der Waals surface area contributed by atoms with Crippen molar-refractivity contribution >= 4 is 43.3 Å². The van der Waals surface area contributed by atoms with E-state index in [0.29, 0.717) is 5.92 Å². The van der Waals surface area contributed by atoms with E-state index in [1.807, 2.05) is 6.26 Å². The van der Waals surface area contributed by atoms with Gasteiger partial charge in [0.25, 0.3) is 0 Å². The molecule has 0 unspecified atom stereocenters. The van der Waals surface area contributed by atoms with Crippen LogP contribution >= 0.6 is 11.3 Å². The number of aromatic nitrogens is 1. The molecule has 0 saturated heterocycles. The quantitative estimate of drug-likeness (QED) is 0.246. The second-order valence-corrected chi connectivity index (χ2v) is 12.1. The number of pyridine rings is 1. The van der Waals surface area contributed by atoms with Gasteiger partial charge in [-0.2, -0.15) is 0 Å². The summed E-state index contributed by atoms with van der Waals surface area (Å²) in [5, 5.41) is 7.08. The Hall–Kier alpha value is -3.43. The predicted molar refractivity (Wildman–Crippen MR) is 155 cm³/mol. The summed E-state index contributed by atoms with van der Waals surface area (Å²) >= 11 is 1.70. The SMILES string of the molecule is CC(C)Cc1ccc(-c2cc(-c3cc(C(C)(C)C)c4ccccc4c3)nc3sccc23)c2ccoc12. The van der Waals surface area contributed by atoms with Crippen LogP contribution in [-0.4, -0.2) is 4.98 Å². The first-order chi connectivity index (χ1) is 17.3.